The second kappa shape index (κ2) is 15.7. The van der Waals surface area contributed by atoms with Gasteiger partial charge in [0.25, 0.3) is 0 Å². The minimum Gasteiger partial charge on any atom is -0.364 e. The largest absolute Gasteiger partial charge is 0.364 e. The van der Waals surface area contributed by atoms with Crippen molar-refractivity contribution in [2.75, 3.05) is 48.1 Å². The molecule has 1 heterocycles. The second-order valence-electron chi connectivity index (χ2n) is 7.30. The minimum atomic E-state index is -0.130. The maximum atomic E-state index is 12.0. The highest BCUT2D eigenvalue weighted by atomic mass is 35.5. The number of methoxy groups -OCH3 is 1. The molecule has 1 aromatic heterocycles. The van der Waals surface area contributed by atoms with E-state index in [4.69, 9.17) is 16.3 Å². The van der Waals surface area contributed by atoms with E-state index in [1.165, 1.54) is 11.8 Å². The average molecular weight is 497 g/mol. The van der Waals surface area contributed by atoms with Gasteiger partial charge in [0, 0.05) is 19.7 Å². The standard InChI is InChI=1S/C14H20ClNO2.C9H17N5S/c1-4-11-7-6-8-12(5-2)14(11)16(10-18-3)13(17)9-15;1-5-10-7-12-8(11-6(2)3)14-9(13-7)15-4/h6-8H,4-5,9-10H2,1-3H3;6H,5H2,1-4H3,(H2,10,11,12,13,14). The quantitative estimate of drug-likeness (QED) is 0.259. The normalized spacial score (nSPS) is 10.5. The number of hydrogen-bond donors (Lipinski definition) is 2. The number of nitrogens with zero attached hydrogens (tertiary/aromatic N) is 4. The van der Waals surface area contributed by atoms with Crippen LogP contribution in [-0.4, -0.2) is 59.4 Å². The van der Waals surface area contributed by atoms with E-state index >= 15 is 0 Å². The Morgan fingerprint density at radius 1 is 1.12 bits per heavy atom. The van der Waals surface area contributed by atoms with Gasteiger partial charge in [-0.1, -0.05) is 43.8 Å². The molecule has 0 unspecified atom stereocenters. The fraction of sp³-hybridized carbons (Fsp3) is 0.565. The van der Waals surface area contributed by atoms with Crippen LogP contribution in [0.2, 0.25) is 0 Å². The lowest BCUT2D eigenvalue weighted by Crippen LogP contribution is -2.35. The van der Waals surface area contributed by atoms with E-state index in [9.17, 15) is 4.79 Å². The molecule has 0 aliphatic heterocycles. The Labute approximate surface area is 207 Å². The number of hydrogen-bond acceptors (Lipinski definition) is 8. The topological polar surface area (TPSA) is 92.3 Å². The van der Waals surface area contributed by atoms with Crippen molar-refractivity contribution in [2.24, 2.45) is 0 Å². The summed E-state index contributed by atoms with van der Waals surface area (Å²) in [7, 11) is 1.58. The number of aromatic nitrogens is 3. The zero-order valence-corrected chi connectivity index (χ0v) is 22.3. The van der Waals surface area contributed by atoms with Gasteiger partial charge in [-0.15, -0.1) is 11.6 Å². The number of para-hydroxylation sites is 1. The molecular formula is C23H37ClN6O2S. The van der Waals surface area contributed by atoms with Crippen LogP contribution in [0.4, 0.5) is 17.6 Å². The molecule has 0 bridgehead atoms. The number of halogens is 1. The summed E-state index contributed by atoms with van der Waals surface area (Å²) in [4.78, 5) is 26.3. The van der Waals surface area contributed by atoms with E-state index in [-0.39, 0.29) is 18.5 Å². The molecule has 1 aromatic carbocycles. The van der Waals surface area contributed by atoms with E-state index in [2.05, 4.69) is 53.3 Å². The Kier molecular flexibility index (Phi) is 13.8. The Morgan fingerprint density at radius 3 is 2.18 bits per heavy atom. The molecule has 2 N–H and O–H groups in total. The van der Waals surface area contributed by atoms with Gasteiger partial charge in [0.1, 0.15) is 12.6 Å². The summed E-state index contributed by atoms with van der Waals surface area (Å²) in [5, 5.41) is 6.97. The molecule has 184 valence electrons. The third kappa shape index (κ3) is 9.35. The van der Waals surface area contributed by atoms with Gasteiger partial charge in [-0.2, -0.15) is 15.0 Å². The van der Waals surface area contributed by atoms with E-state index < -0.39 is 0 Å². The number of rotatable bonds is 11. The van der Waals surface area contributed by atoms with Gasteiger partial charge in [-0.25, -0.2) is 0 Å². The molecule has 33 heavy (non-hydrogen) atoms. The predicted molar refractivity (Wildman–Crippen MR) is 140 cm³/mol. The molecule has 2 rings (SSSR count). The first-order valence-corrected chi connectivity index (χ1v) is 12.9. The fourth-order valence-electron chi connectivity index (χ4n) is 3.03. The van der Waals surface area contributed by atoms with Crippen molar-refractivity contribution >= 4 is 46.9 Å². The van der Waals surface area contributed by atoms with Crippen LogP contribution in [0.3, 0.4) is 0 Å². The minimum absolute atomic E-state index is 0.0371. The number of anilines is 3. The van der Waals surface area contributed by atoms with Gasteiger partial charge >= 0.3 is 0 Å². The Balaban J connectivity index is 0.000000335. The number of amides is 1. The number of ether oxygens (including phenoxy) is 1. The van der Waals surface area contributed by atoms with Crippen molar-refractivity contribution in [3.8, 4) is 0 Å². The maximum absolute atomic E-state index is 12.0. The van der Waals surface area contributed by atoms with Crippen LogP contribution in [0.5, 0.6) is 0 Å². The number of thioether (sulfide) groups is 1. The fourth-order valence-corrected chi connectivity index (χ4v) is 3.53. The highest BCUT2D eigenvalue weighted by Crippen LogP contribution is 2.27. The summed E-state index contributed by atoms with van der Waals surface area (Å²) in [6.45, 7) is 11.3. The van der Waals surface area contributed by atoms with Gasteiger partial charge in [0.05, 0.1) is 5.69 Å². The second-order valence-corrected chi connectivity index (χ2v) is 8.34. The zero-order chi connectivity index (χ0) is 24.8. The molecule has 0 radical (unpaired) electrons. The summed E-state index contributed by atoms with van der Waals surface area (Å²) in [6, 6.07) is 6.42. The maximum Gasteiger partial charge on any atom is 0.243 e. The molecule has 0 saturated carbocycles. The zero-order valence-electron chi connectivity index (χ0n) is 20.7. The summed E-state index contributed by atoms with van der Waals surface area (Å²) in [5.74, 6) is 1.08. The first kappa shape index (κ1) is 28.9. The van der Waals surface area contributed by atoms with E-state index in [0.29, 0.717) is 17.9 Å². The van der Waals surface area contributed by atoms with Crippen molar-refractivity contribution in [1.82, 2.24) is 15.0 Å². The van der Waals surface area contributed by atoms with Crippen molar-refractivity contribution in [2.45, 2.75) is 58.7 Å². The molecule has 10 heteroatoms. The average Bonchev–Trinajstić information content (AvgIpc) is 2.81. The van der Waals surface area contributed by atoms with Gasteiger partial charge in [0.15, 0.2) is 5.16 Å². The van der Waals surface area contributed by atoms with Crippen molar-refractivity contribution in [3.05, 3.63) is 29.3 Å². The first-order chi connectivity index (χ1) is 15.8. The number of carbonyl (C=O) groups excluding carboxylic acids is 1. The van der Waals surface area contributed by atoms with Crippen LogP contribution in [0.25, 0.3) is 0 Å². The molecule has 0 aliphatic carbocycles. The molecule has 0 spiro atoms. The highest BCUT2D eigenvalue weighted by Gasteiger charge is 2.19. The van der Waals surface area contributed by atoms with Gasteiger partial charge in [0.2, 0.25) is 17.8 Å². The van der Waals surface area contributed by atoms with Gasteiger partial charge < -0.3 is 15.4 Å². The monoisotopic (exact) mass is 496 g/mol. The molecule has 0 saturated heterocycles. The van der Waals surface area contributed by atoms with Crippen LogP contribution in [-0.2, 0) is 22.4 Å². The van der Waals surface area contributed by atoms with E-state index in [1.54, 1.807) is 12.0 Å². The Bertz CT molecular complexity index is 847. The van der Waals surface area contributed by atoms with Crippen LogP contribution in [0, 0.1) is 0 Å². The molecule has 1 amide bonds. The number of carbonyl (C=O) groups is 1. The Hall–Kier alpha value is -2.10. The first-order valence-electron chi connectivity index (χ1n) is 11.1. The summed E-state index contributed by atoms with van der Waals surface area (Å²) < 4.78 is 5.13. The number of benzene rings is 1. The molecule has 0 atom stereocenters. The van der Waals surface area contributed by atoms with Gasteiger partial charge in [-0.05, 0) is 51.0 Å². The smallest absolute Gasteiger partial charge is 0.243 e. The third-order valence-electron chi connectivity index (χ3n) is 4.46. The summed E-state index contributed by atoms with van der Waals surface area (Å²) >= 11 is 7.18. The molecule has 0 fully saturated rings. The lowest BCUT2D eigenvalue weighted by Gasteiger charge is -2.26. The summed E-state index contributed by atoms with van der Waals surface area (Å²) in [6.07, 6.45) is 3.70. The SMILES string of the molecule is CCNc1nc(NC(C)C)nc(SC)n1.CCc1cccc(CC)c1N(COC)C(=O)CCl. The lowest BCUT2D eigenvalue weighted by atomic mass is 10.0. The summed E-state index contributed by atoms with van der Waals surface area (Å²) in [5.41, 5.74) is 3.24. The number of aryl methyl sites for hydroxylation is 2. The molecule has 2 aromatic rings. The van der Waals surface area contributed by atoms with Crippen molar-refractivity contribution in [3.63, 3.8) is 0 Å². The lowest BCUT2D eigenvalue weighted by molar-refractivity contribution is -0.117. The van der Waals surface area contributed by atoms with Gasteiger partial charge in [-0.3, -0.25) is 9.69 Å². The molecular weight excluding hydrogens is 460 g/mol. The van der Waals surface area contributed by atoms with Crippen LogP contribution in [0.15, 0.2) is 23.4 Å². The Morgan fingerprint density at radius 2 is 1.73 bits per heavy atom. The van der Waals surface area contributed by atoms with Crippen molar-refractivity contribution < 1.29 is 9.53 Å². The number of nitrogens with one attached hydrogen (secondary N) is 2. The van der Waals surface area contributed by atoms with Crippen LogP contribution in [0.1, 0.15) is 45.7 Å². The van der Waals surface area contributed by atoms with E-state index in [0.717, 1.165) is 41.4 Å². The van der Waals surface area contributed by atoms with Crippen molar-refractivity contribution in [1.29, 1.82) is 0 Å². The molecule has 8 nitrogen and oxygen atoms in total. The molecule has 0 aliphatic rings. The van der Waals surface area contributed by atoms with E-state index in [1.807, 2.05) is 31.4 Å². The van der Waals surface area contributed by atoms with Crippen LogP contribution < -0.4 is 15.5 Å². The predicted octanol–water partition coefficient (Wildman–Crippen LogP) is 4.83. The van der Waals surface area contributed by atoms with Crippen LogP contribution >= 0.6 is 23.4 Å². The highest BCUT2D eigenvalue weighted by molar-refractivity contribution is 7.98. The third-order valence-corrected chi connectivity index (χ3v) is 5.23. The number of alkyl halides is 1.